The number of ether oxygens (including phenoxy) is 1. The molecule has 3 N–H and O–H groups in total. The summed E-state index contributed by atoms with van der Waals surface area (Å²) in [6.07, 6.45) is 3.42. The number of hydrogen-bond donors (Lipinski definition) is 2. The Hall–Kier alpha value is 0.410. The van der Waals surface area contributed by atoms with Crippen LogP contribution in [0.3, 0.4) is 0 Å². The number of thioether (sulfide) groups is 1. The maximum Gasteiger partial charge on any atom is 0.0783 e. The van der Waals surface area contributed by atoms with Crippen LogP contribution in [0.25, 0.3) is 0 Å². The Morgan fingerprint density at radius 3 is 3.11 bits per heavy atom. The number of thiophene rings is 1. The van der Waals surface area contributed by atoms with Crippen LogP contribution < -0.4 is 11.3 Å². The minimum Gasteiger partial charge on any atom is -0.374 e. The van der Waals surface area contributed by atoms with E-state index in [1.54, 1.807) is 11.3 Å². The molecule has 2 saturated heterocycles. The van der Waals surface area contributed by atoms with E-state index < -0.39 is 0 Å². The summed E-state index contributed by atoms with van der Waals surface area (Å²) < 4.78 is 7.24. The Morgan fingerprint density at radius 1 is 1.58 bits per heavy atom. The van der Waals surface area contributed by atoms with Gasteiger partial charge in [0.1, 0.15) is 0 Å². The summed E-state index contributed by atoms with van der Waals surface area (Å²) in [4.78, 5) is 1.32. The van der Waals surface area contributed by atoms with Gasteiger partial charge < -0.3 is 4.74 Å². The largest absolute Gasteiger partial charge is 0.374 e. The maximum atomic E-state index is 6.10. The van der Waals surface area contributed by atoms with Crippen LogP contribution in [0.1, 0.15) is 30.2 Å². The molecule has 0 aliphatic carbocycles. The molecule has 6 heteroatoms. The topological polar surface area (TPSA) is 47.3 Å². The third-order valence-electron chi connectivity index (χ3n) is 4.14. The fourth-order valence-corrected chi connectivity index (χ4v) is 6.13. The number of rotatable bonds is 3. The van der Waals surface area contributed by atoms with Crippen molar-refractivity contribution in [3.63, 3.8) is 0 Å². The van der Waals surface area contributed by atoms with Gasteiger partial charge in [0, 0.05) is 27.1 Å². The number of hydrazine groups is 1. The summed E-state index contributed by atoms with van der Waals surface area (Å²) in [7, 11) is 0. The van der Waals surface area contributed by atoms with Crippen molar-refractivity contribution in [2.75, 3.05) is 18.1 Å². The van der Waals surface area contributed by atoms with Crippen LogP contribution in [0.5, 0.6) is 0 Å². The van der Waals surface area contributed by atoms with E-state index in [1.165, 1.54) is 17.1 Å². The summed E-state index contributed by atoms with van der Waals surface area (Å²) in [5.74, 6) is 8.78. The molecule has 106 valence electrons. The lowest BCUT2D eigenvalue weighted by molar-refractivity contribution is -0.0852. The Balaban J connectivity index is 1.76. The SMILES string of the molecule is NNC(c1cc(Br)cs1)C1CCOC2(CCSC2)C1. The lowest BCUT2D eigenvalue weighted by atomic mass is 9.81. The molecule has 0 saturated carbocycles. The zero-order valence-electron chi connectivity index (χ0n) is 10.7. The van der Waals surface area contributed by atoms with Gasteiger partial charge in [-0.05, 0) is 52.9 Å². The zero-order valence-corrected chi connectivity index (χ0v) is 14.0. The fourth-order valence-electron chi connectivity index (χ4n) is 3.16. The van der Waals surface area contributed by atoms with Crippen molar-refractivity contribution in [1.29, 1.82) is 0 Å². The molecule has 0 amide bonds. The predicted molar refractivity (Wildman–Crippen MR) is 85.4 cm³/mol. The summed E-state index contributed by atoms with van der Waals surface area (Å²) in [5, 5.41) is 2.13. The summed E-state index contributed by atoms with van der Waals surface area (Å²) in [6.45, 7) is 0.871. The minimum atomic E-state index is 0.122. The lowest BCUT2D eigenvalue weighted by Crippen LogP contribution is -2.44. The Morgan fingerprint density at radius 2 is 2.47 bits per heavy atom. The zero-order chi connectivity index (χ0) is 13.3. The van der Waals surface area contributed by atoms with Crippen LogP contribution in [-0.2, 0) is 4.74 Å². The van der Waals surface area contributed by atoms with Crippen molar-refractivity contribution < 1.29 is 4.74 Å². The van der Waals surface area contributed by atoms with Crippen LogP contribution in [0.15, 0.2) is 15.9 Å². The number of hydrogen-bond acceptors (Lipinski definition) is 5. The van der Waals surface area contributed by atoms with Gasteiger partial charge in [-0.3, -0.25) is 11.3 Å². The monoisotopic (exact) mass is 362 g/mol. The van der Waals surface area contributed by atoms with E-state index in [-0.39, 0.29) is 11.6 Å². The minimum absolute atomic E-state index is 0.122. The highest BCUT2D eigenvalue weighted by atomic mass is 79.9. The van der Waals surface area contributed by atoms with Crippen molar-refractivity contribution in [3.8, 4) is 0 Å². The van der Waals surface area contributed by atoms with Crippen LogP contribution in [0.2, 0.25) is 0 Å². The maximum absolute atomic E-state index is 6.10. The quantitative estimate of drug-likeness (QED) is 0.639. The van der Waals surface area contributed by atoms with E-state index in [1.807, 2.05) is 11.8 Å². The third-order valence-corrected chi connectivity index (χ3v) is 7.14. The average Bonchev–Trinajstić information content (AvgIpc) is 3.01. The van der Waals surface area contributed by atoms with Gasteiger partial charge in [-0.15, -0.1) is 11.3 Å². The number of nitrogens with one attached hydrogen (secondary N) is 1. The van der Waals surface area contributed by atoms with Crippen LogP contribution in [0.4, 0.5) is 0 Å². The van der Waals surface area contributed by atoms with Gasteiger partial charge in [0.2, 0.25) is 0 Å². The Bertz CT molecular complexity index is 434. The molecule has 19 heavy (non-hydrogen) atoms. The molecular formula is C13H19BrN2OS2. The first-order chi connectivity index (χ1) is 9.22. The normalized spacial score (nSPS) is 32.8. The highest BCUT2D eigenvalue weighted by Crippen LogP contribution is 2.44. The molecule has 0 aromatic carbocycles. The van der Waals surface area contributed by atoms with Gasteiger partial charge in [-0.1, -0.05) is 0 Å². The standard InChI is InChI=1S/C13H19BrN2OS2/c14-10-5-11(19-7-10)12(16-15)9-1-3-17-13(6-9)2-4-18-8-13/h5,7,9,12,16H,1-4,6,8,15H2. The van der Waals surface area contributed by atoms with Crippen LogP contribution >= 0.6 is 39.0 Å². The first-order valence-electron chi connectivity index (χ1n) is 6.64. The highest BCUT2D eigenvalue weighted by molar-refractivity contribution is 9.10. The van der Waals surface area contributed by atoms with Gasteiger partial charge in [-0.2, -0.15) is 11.8 Å². The highest BCUT2D eigenvalue weighted by Gasteiger charge is 2.42. The molecular weight excluding hydrogens is 344 g/mol. The molecule has 1 aromatic heterocycles. The lowest BCUT2D eigenvalue weighted by Gasteiger charge is -2.40. The van der Waals surface area contributed by atoms with Crippen molar-refractivity contribution >= 4 is 39.0 Å². The molecule has 0 radical (unpaired) electrons. The molecule has 1 aromatic rings. The molecule has 3 atom stereocenters. The molecule has 2 aliphatic heterocycles. The van der Waals surface area contributed by atoms with E-state index in [0.717, 1.165) is 29.7 Å². The first-order valence-corrected chi connectivity index (χ1v) is 9.47. The van der Waals surface area contributed by atoms with E-state index in [9.17, 15) is 0 Å². The summed E-state index contributed by atoms with van der Waals surface area (Å²) >= 11 is 7.32. The van der Waals surface area contributed by atoms with Gasteiger partial charge in [0.15, 0.2) is 0 Å². The molecule has 3 rings (SSSR count). The average molecular weight is 363 g/mol. The first kappa shape index (κ1) is 14.4. The Labute approximate surface area is 130 Å². The molecule has 3 heterocycles. The molecule has 0 bridgehead atoms. The fraction of sp³-hybridized carbons (Fsp3) is 0.692. The second kappa shape index (κ2) is 6.03. The van der Waals surface area contributed by atoms with E-state index in [4.69, 9.17) is 10.6 Å². The molecule has 2 aliphatic rings. The smallest absolute Gasteiger partial charge is 0.0783 e. The van der Waals surface area contributed by atoms with Gasteiger partial charge in [0.05, 0.1) is 11.6 Å². The molecule has 3 unspecified atom stereocenters. The van der Waals surface area contributed by atoms with Crippen molar-refractivity contribution in [1.82, 2.24) is 5.43 Å². The van der Waals surface area contributed by atoms with Crippen LogP contribution in [0, 0.1) is 5.92 Å². The summed E-state index contributed by atoms with van der Waals surface area (Å²) in [6, 6.07) is 2.43. The number of halogens is 1. The van der Waals surface area contributed by atoms with Gasteiger partial charge >= 0.3 is 0 Å². The van der Waals surface area contributed by atoms with Crippen molar-refractivity contribution in [2.24, 2.45) is 11.8 Å². The van der Waals surface area contributed by atoms with Crippen LogP contribution in [-0.4, -0.2) is 23.7 Å². The van der Waals surface area contributed by atoms with E-state index >= 15 is 0 Å². The summed E-state index contributed by atoms with van der Waals surface area (Å²) in [5.41, 5.74) is 3.16. The second-order valence-electron chi connectivity index (χ2n) is 5.40. The predicted octanol–water partition coefficient (Wildman–Crippen LogP) is 3.32. The Kier molecular flexibility index (Phi) is 4.56. The van der Waals surface area contributed by atoms with Crippen molar-refractivity contribution in [3.05, 3.63) is 20.8 Å². The van der Waals surface area contributed by atoms with Crippen molar-refractivity contribution in [2.45, 2.75) is 30.9 Å². The molecule has 2 fully saturated rings. The number of nitrogens with two attached hydrogens (primary N) is 1. The van der Waals surface area contributed by atoms with E-state index in [2.05, 4.69) is 32.8 Å². The van der Waals surface area contributed by atoms with E-state index in [0.29, 0.717) is 5.92 Å². The second-order valence-corrected chi connectivity index (χ2v) is 8.36. The molecule has 3 nitrogen and oxygen atoms in total. The van der Waals surface area contributed by atoms with Gasteiger partial charge in [-0.25, -0.2) is 0 Å². The third kappa shape index (κ3) is 3.04. The molecule has 1 spiro atoms. The van der Waals surface area contributed by atoms with Gasteiger partial charge in [0.25, 0.3) is 0 Å².